The molecule has 28 heavy (non-hydrogen) atoms. The molecule has 0 unspecified atom stereocenters. The van der Waals surface area contributed by atoms with Crippen LogP contribution in [0.2, 0.25) is 10.0 Å². The Kier molecular flexibility index (Phi) is 8.04. The molecular weight excluding hydrogens is 457 g/mol. The highest BCUT2D eigenvalue weighted by Crippen LogP contribution is 2.27. The molecule has 3 rings (SSSR count). The van der Waals surface area contributed by atoms with E-state index in [2.05, 4.69) is 20.5 Å². The zero-order valence-electron chi connectivity index (χ0n) is 14.9. The molecule has 0 spiro atoms. The van der Waals surface area contributed by atoms with E-state index in [-0.39, 0.29) is 11.7 Å². The van der Waals surface area contributed by atoms with Crippen molar-refractivity contribution in [2.75, 3.05) is 11.1 Å². The van der Waals surface area contributed by atoms with Crippen molar-refractivity contribution in [2.45, 2.75) is 30.1 Å². The summed E-state index contributed by atoms with van der Waals surface area (Å²) >= 11 is 16.6. The van der Waals surface area contributed by atoms with Crippen LogP contribution in [-0.2, 0) is 22.8 Å². The van der Waals surface area contributed by atoms with E-state index >= 15 is 0 Å². The summed E-state index contributed by atoms with van der Waals surface area (Å²) in [4.78, 5) is 16.1. The minimum absolute atomic E-state index is 0.112. The van der Waals surface area contributed by atoms with E-state index in [1.807, 2.05) is 29.0 Å². The number of aromatic nitrogens is 4. The van der Waals surface area contributed by atoms with Gasteiger partial charge in [-0.15, -0.1) is 33.3 Å². The van der Waals surface area contributed by atoms with Crippen LogP contribution in [0.15, 0.2) is 34.9 Å². The minimum atomic E-state index is -0.112. The lowest BCUT2D eigenvalue weighted by Crippen LogP contribution is -2.14. The van der Waals surface area contributed by atoms with Crippen LogP contribution in [0.1, 0.15) is 18.3 Å². The summed E-state index contributed by atoms with van der Waals surface area (Å²) in [5, 5.41) is 15.7. The van der Waals surface area contributed by atoms with Gasteiger partial charge in [0.2, 0.25) is 5.91 Å². The van der Waals surface area contributed by atoms with Gasteiger partial charge in [0.25, 0.3) is 0 Å². The second-order valence-electron chi connectivity index (χ2n) is 5.55. The van der Waals surface area contributed by atoms with E-state index in [4.69, 9.17) is 23.2 Å². The summed E-state index contributed by atoms with van der Waals surface area (Å²) in [6, 6.07) is 5.52. The van der Waals surface area contributed by atoms with Gasteiger partial charge >= 0.3 is 0 Å². The highest BCUT2D eigenvalue weighted by molar-refractivity contribution is 7.99. The topological polar surface area (TPSA) is 72.7 Å². The molecule has 0 bridgehead atoms. The fraction of sp³-hybridized carbons (Fsp3) is 0.294. The normalized spacial score (nSPS) is 11.0. The van der Waals surface area contributed by atoms with E-state index in [1.165, 1.54) is 23.1 Å². The van der Waals surface area contributed by atoms with Gasteiger partial charge < -0.3 is 9.88 Å². The Balaban J connectivity index is 1.53. The highest BCUT2D eigenvalue weighted by Gasteiger charge is 2.14. The van der Waals surface area contributed by atoms with Gasteiger partial charge in [0.15, 0.2) is 10.3 Å². The largest absolute Gasteiger partial charge is 0.306 e. The van der Waals surface area contributed by atoms with Crippen LogP contribution in [0.4, 0.5) is 5.13 Å². The fourth-order valence-corrected chi connectivity index (χ4v) is 5.20. The van der Waals surface area contributed by atoms with Crippen molar-refractivity contribution < 1.29 is 4.79 Å². The predicted octanol–water partition coefficient (Wildman–Crippen LogP) is 5.23. The van der Waals surface area contributed by atoms with Crippen molar-refractivity contribution in [3.63, 3.8) is 0 Å². The third kappa shape index (κ3) is 5.87. The number of thioether (sulfide) groups is 2. The Bertz CT molecular complexity index is 933. The van der Waals surface area contributed by atoms with E-state index < -0.39 is 0 Å². The molecule has 0 radical (unpaired) electrons. The Morgan fingerprint density at radius 3 is 2.86 bits per heavy atom. The summed E-state index contributed by atoms with van der Waals surface area (Å²) in [6.07, 6.45) is 1.66. The van der Waals surface area contributed by atoms with Crippen LogP contribution in [0.5, 0.6) is 0 Å². The van der Waals surface area contributed by atoms with Gasteiger partial charge in [0.1, 0.15) is 5.82 Å². The number of carbonyl (C=O) groups is 1. The maximum absolute atomic E-state index is 12.0. The molecule has 6 nitrogen and oxygen atoms in total. The number of rotatable bonds is 9. The molecule has 1 N–H and O–H groups in total. The van der Waals surface area contributed by atoms with Crippen LogP contribution in [-0.4, -0.2) is 31.4 Å². The van der Waals surface area contributed by atoms with E-state index in [0.717, 1.165) is 28.8 Å². The van der Waals surface area contributed by atoms with Crippen molar-refractivity contribution in [1.29, 1.82) is 0 Å². The SMILES string of the molecule is CCn1c(CSCc2ccc(Cl)cc2Cl)nnc1SCC(=O)Nc1nccs1. The molecular formula is C17H17Cl2N5OS3. The molecule has 0 saturated carbocycles. The van der Waals surface area contributed by atoms with Gasteiger partial charge in [-0.05, 0) is 24.6 Å². The van der Waals surface area contributed by atoms with E-state index in [1.54, 1.807) is 24.0 Å². The first kappa shape index (κ1) is 21.4. The smallest absolute Gasteiger partial charge is 0.236 e. The minimum Gasteiger partial charge on any atom is -0.306 e. The van der Waals surface area contributed by atoms with Gasteiger partial charge in [-0.3, -0.25) is 4.79 Å². The van der Waals surface area contributed by atoms with E-state index in [0.29, 0.717) is 20.9 Å². The van der Waals surface area contributed by atoms with Crippen LogP contribution in [0, 0.1) is 0 Å². The van der Waals surface area contributed by atoms with E-state index in [9.17, 15) is 4.79 Å². The summed E-state index contributed by atoms with van der Waals surface area (Å²) in [5.41, 5.74) is 1.03. The number of nitrogens with zero attached hydrogens (tertiary/aromatic N) is 4. The zero-order valence-corrected chi connectivity index (χ0v) is 18.9. The second-order valence-corrected chi connectivity index (χ2v) is 9.21. The first-order valence-corrected chi connectivity index (χ1v) is 12.1. The summed E-state index contributed by atoms with van der Waals surface area (Å²) in [7, 11) is 0. The molecule has 0 aliphatic rings. The average molecular weight is 474 g/mol. The number of benzene rings is 1. The Hall–Kier alpha value is -1.26. The molecule has 1 amide bonds. The third-order valence-electron chi connectivity index (χ3n) is 3.62. The number of halogens is 2. The van der Waals surface area contributed by atoms with Crippen LogP contribution >= 0.6 is 58.1 Å². The number of hydrogen-bond acceptors (Lipinski definition) is 7. The number of nitrogens with one attached hydrogen (secondary N) is 1. The number of thiazole rings is 1. The lowest BCUT2D eigenvalue weighted by atomic mass is 10.2. The molecule has 0 aliphatic heterocycles. The molecule has 0 saturated heterocycles. The van der Waals surface area contributed by atoms with Crippen LogP contribution < -0.4 is 5.32 Å². The van der Waals surface area contributed by atoms with Crippen molar-refractivity contribution in [3.8, 4) is 0 Å². The summed E-state index contributed by atoms with van der Waals surface area (Å²) in [5.74, 6) is 2.47. The molecule has 11 heteroatoms. The quantitative estimate of drug-likeness (QED) is 0.429. The van der Waals surface area contributed by atoms with Crippen molar-refractivity contribution in [2.24, 2.45) is 0 Å². The lowest BCUT2D eigenvalue weighted by molar-refractivity contribution is -0.113. The van der Waals surface area contributed by atoms with Gasteiger partial charge in [-0.25, -0.2) is 4.98 Å². The molecule has 1 aromatic carbocycles. The third-order valence-corrected chi connectivity index (χ3v) is 6.84. The highest BCUT2D eigenvalue weighted by atomic mass is 35.5. The number of anilines is 1. The fourth-order valence-electron chi connectivity index (χ4n) is 2.31. The first-order valence-electron chi connectivity index (χ1n) is 8.32. The number of amides is 1. The monoisotopic (exact) mass is 473 g/mol. The maximum Gasteiger partial charge on any atom is 0.236 e. The Labute approximate surface area is 185 Å². The first-order chi connectivity index (χ1) is 13.6. The predicted molar refractivity (Wildman–Crippen MR) is 119 cm³/mol. The van der Waals surface area contributed by atoms with Gasteiger partial charge in [-0.2, -0.15) is 0 Å². The van der Waals surface area contributed by atoms with Crippen LogP contribution in [0.25, 0.3) is 0 Å². The van der Waals surface area contributed by atoms with Gasteiger partial charge in [-0.1, -0.05) is 41.0 Å². The molecule has 2 heterocycles. The Morgan fingerprint density at radius 1 is 1.29 bits per heavy atom. The Morgan fingerprint density at radius 2 is 2.14 bits per heavy atom. The number of hydrogen-bond donors (Lipinski definition) is 1. The van der Waals surface area contributed by atoms with Gasteiger partial charge in [0.05, 0.1) is 11.5 Å². The molecule has 2 aromatic heterocycles. The summed E-state index contributed by atoms with van der Waals surface area (Å²) < 4.78 is 2.03. The maximum atomic E-state index is 12.0. The summed E-state index contributed by atoms with van der Waals surface area (Å²) in [6.45, 7) is 2.77. The second kappa shape index (κ2) is 10.5. The number of carbonyl (C=O) groups excluding carboxylic acids is 1. The zero-order chi connectivity index (χ0) is 19.9. The molecule has 0 aliphatic carbocycles. The van der Waals surface area contributed by atoms with Crippen molar-refractivity contribution in [3.05, 3.63) is 51.2 Å². The van der Waals surface area contributed by atoms with Crippen LogP contribution in [0.3, 0.4) is 0 Å². The van der Waals surface area contributed by atoms with Crippen molar-refractivity contribution in [1.82, 2.24) is 19.7 Å². The standard InChI is InChI=1S/C17H17Cl2N5OS3/c1-2-24-14(9-26-8-11-3-4-12(18)7-13(11)19)22-23-17(24)28-10-15(25)21-16-20-5-6-27-16/h3-7H,2,8-10H2,1H3,(H,20,21,25). The van der Waals surface area contributed by atoms with Crippen molar-refractivity contribution >= 4 is 69.1 Å². The molecule has 0 fully saturated rings. The molecule has 3 aromatic rings. The molecule has 148 valence electrons. The molecule has 0 atom stereocenters. The average Bonchev–Trinajstić information content (AvgIpc) is 3.31. The van der Waals surface area contributed by atoms with Gasteiger partial charge in [0, 0.05) is 33.9 Å². The lowest BCUT2D eigenvalue weighted by Gasteiger charge is -2.08.